The molecule has 5 nitrogen and oxygen atoms in total. The van der Waals surface area contributed by atoms with Gasteiger partial charge in [0.2, 0.25) is 0 Å². The normalized spacial score (nSPS) is 13.5. The fourth-order valence-corrected chi connectivity index (χ4v) is 3.24. The lowest BCUT2D eigenvalue weighted by molar-refractivity contribution is 0.289. The van der Waals surface area contributed by atoms with Crippen LogP contribution in [-0.4, -0.2) is 23.1 Å². The van der Waals surface area contributed by atoms with E-state index in [1.165, 1.54) is 11.3 Å². The summed E-state index contributed by atoms with van der Waals surface area (Å²) in [6, 6.07) is 1.92. The summed E-state index contributed by atoms with van der Waals surface area (Å²) in [6.07, 6.45) is 6.32. The Balaban J connectivity index is 2.04. The second-order valence-electron chi connectivity index (χ2n) is 5.63. The molecule has 2 aromatic heterocycles. The van der Waals surface area contributed by atoms with Gasteiger partial charge in [-0.05, 0) is 13.8 Å². The maximum atomic E-state index is 12.4. The summed E-state index contributed by atoms with van der Waals surface area (Å²) in [5.41, 5.74) is 2.86. The van der Waals surface area contributed by atoms with E-state index in [4.69, 9.17) is 4.74 Å². The highest BCUT2D eigenvalue weighted by Gasteiger charge is 2.13. The Labute approximate surface area is 138 Å². The maximum absolute atomic E-state index is 12.4. The average Bonchev–Trinajstić information content (AvgIpc) is 2.84. The lowest BCUT2D eigenvalue weighted by Crippen LogP contribution is -2.10. The predicted molar refractivity (Wildman–Crippen MR) is 95.6 cm³/mol. The van der Waals surface area contributed by atoms with Gasteiger partial charge in [0, 0.05) is 35.5 Å². The van der Waals surface area contributed by atoms with Crippen molar-refractivity contribution in [2.45, 2.75) is 26.3 Å². The van der Waals surface area contributed by atoms with Crippen molar-refractivity contribution < 1.29 is 4.74 Å². The summed E-state index contributed by atoms with van der Waals surface area (Å²) in [5, 5.41) is 6.06. The van der Waals surface area contributed by atoms with Crippen LogP contribution in [0.3, 0.4) is 0 Å². The zero-order valence-corrected chi connectivity index (χ0v) is 14.2. The highest BCUT2D eigenvalue weighted by atomic mass is 32.1. The zero-order valence-electron chi connectivity index (χ0n) is 13.3. The van der Waals surface area contributed by atoms with Crippen molar-refractivity contribution in [3.63, 3.8) is 0 Å². The summed E-state index contributed by atoms with van der Waals surface area (Å²) in [7, 11) is 1.64. The number of hydrogen-bond acceptors (Lipinski definition) is 5. The van der Waals surface area contributed by atoms with Crippen LogP contribution in [0, 0.1) is 0 Å². The van der Waals surface area contributed by atoms with Gasteiger partial charge in [0.1, 0.15) is 5.76 Å². The van der Waals surface area contributed by atoms with Gasteiger partial charge in [-0.25, -0.2) is 4.98 Å². The minimum atomic E-state index is -0.0232. The molecule has 2 N–H and O–H groups in total. The molecule has 0 saturated carbocycles. The number of hydrogen-bond donors (Lipinski definition) is 2. The van der Waals surface area contributed by atoms with Gasteiger partial charge in [-0.15, -0.1) is 11.3 Å². The largest absolute Gasteiger partial charge is 0.501 e. The molecule has 2 heterocycles. The van der Waals surface area contributed by atoms with Crippen molar-refractivity contribution in [2.24, 2.45) is 0 Å². The summed E-state index contributed by atoms with van der Waals surface area (Å²) in [5.74, 6) is 0.813. The highest BCUT2D eigenvalue weighted by molar-refractivity contribution is 7.14. The first-order valence-corrected chi connectivity index (χ1v) is 8.35. The van der Waals surface area contributed by atoms with E-state index < -0.39 is 0 Å². The number of pyridine rings is 1. The highest BCUT2D eigenvalue weighted by Crippen LogP contribution is 2.25. The van der Waals surface area contributed by atoms with Crippen molar-refractivity contribution in [3.8, 4) is 11.4 Å². The molecule has 0 radical (unpaired) electrons. The molecule has 0 fully saturated rings. The monoisotopic (exact) mass is 329 g/mol. The second-order valence-corrected chi connectivity index (χ2v) is 6.49. The van der Waals surface area contributed by atoms with E-state index in [-0.39, 0.29) is 5.43 Å². The van der Waals surface area contributed by atoms with Crippen LogP contribution in [0.4, 0.5) is 5.13 Å². The summed E-state index contributed by atoms with van der Waals surface area (Å²) in [6.45, 7) is 4.13. The Hall–Kier alpha value is -2.34. The van der Waals surface area contributed by atoms with E-state index >= 15 is 0 Å². The number of anilines is 1. The van der Waals surface area contributed by atoms with Crippen LogP contribution in [0.25, 0.3) is 23.5 Å². The Morgan fingerprint density at radius 2 is 2.26 bits per heavy atom. The van der Waals surface area contributed by atoms with Crippen LogP contribution in [0.5, 0.6) is 0 Å². The fraction of sp³-hybridized carbons (Fsp3) is 0.294. The average molecular weight is 329 g/mol. The van der Waals surface area contributed by atoms with Crippen LogP contribution >= 0.6 is 11.3 Å². The molecule has 0 aromatic carbocycles. The van der Waals surface area contributed by atoms with Crippen molar-refractivity contribution >= 4 is 28.6 Å². The number of thiazole rings is 1. The van der Waals surface area contributed by atoms with Crippen LogP contribution in [0.2, 0.25) is 0 Å². The lowest BCUT2D eigenvalue weighted by atomic mass is 10.1. The smallest absolute Gasteiger partial charge is 0.190 e. The van der Waals surface area contributed by atoms with Gasteiger partial charge in [-0.2, -0.15) is 0 Å². The molecule has 0 unspecified atom stereocenters. The molecule has 6 heteroatoms. The summed E-state index contributed by atoms with van der Waals surface area (Å²) in [4.78, 5) is 20.3. The number of aromatic nitrogens is 2. The molecule has 23 heavy (non-hydrogen) atoms. The van der Waals surface area contributed by atoms with Gasteiger partial charge in [0.15, 0.2) is 10.6 Å². The van der Waals surface area contributed by atoms with Crippen molar-refractivity contribution in [3.05, 3.63) is 44.8 Å². The second kappa shape index (κ2) is 6.42. The molecule has 1 aliphatic rings. The minimum absolute atomic E-state index is 0.0232. The quantitative estimate of drug-likeness (QED) is 0.897. The van der Waals surface area contributed by atoms with Gasteiger partial charge in [-0.3, -0.25) is 4.79 Å². The first kappa shape index (κ1) is 15.6. The molecular formula is C17H19N3O2S. The van der Waals surface area contributed by atoms with Crippen LogP contribution in [-0.2, 0) is 4.74 Å². The van der Waals surface area contributed by atoms with E-state index in [0.29, 0.717) is 23.7 Å². The molecule has 1 aliphatic carbocycles. The number of ether oxygens (including phenoxy) is 1. The van der Waals surface area contributed by atoms with Gasteiger partial charge in [0.05, 0.1) is 24.2 Å². The summed E-state index contributed by atoms with van der Waals surface area (Å²) < 4.78 is 5.33. The summed E-state index contributed by atoms with van der Waals surface area (Å²) >= 11 is 1.53. The third-order valence-corrected chi connectivity index (χ3v) is 4.24. The first-order valence-electron chi connectivity index (χ1n) is 7.47. The predicted octanol–water partition coefficient (Wildman–Crippen LogP) is 3.72. The molecule has 0 spiro atoms. The molecule has 0 saturated heterocycles. The molecule has 0 bridgehead atoms. The van der Waals surface area contributed by atoms with Crippen molar-refractivity contribution in [1.82, 2.24) is 9.97 Å². The molecule has 120 valence electrons. The number of nitrogens with one attached hydrogen (secondary N) is 2. The SMILES string of the molecule is COC1=Cc2[nH]c(-c3csc(NC(C)C)n3)cc(=O)c2C=CC1. The van der Waals surface area contributed by atoms with E-state index in [1.54, 1.807) is 13.2 Å². The maximum Gasteiger partial charge on any atom is 0.190 e. The lowest BCUT2D eigenvalue weighted by Gasteiger charge is -2.06. The molecule has 0 atom stereocenters. The number of aromatic amines is 1. The molecule has 2 aromatic rings. The van der Waals surface area contributed by atoms with E-state index in [1.807, 2.05) is 23.6 Å². The Morgan fingerprint density at radius 1 is 1.43 bits per heavy atom. The van der Waals surface area contributed by atoms with E-state index in [2.05, 4.69) is 29.1 Å². The number of allylic oxidation sites excluding steroid dienone is 1. The van der Waals surface area contributed by atoms with Crippen LogP contribution in [0.1, 0.15) is 31.5 Å². The number of rotatable bonds is 4. The zero-order chi connectivity index (χ0) is 16.4. The number of methoxy groups -OCH3 is 1. The van der Waals surface area contributed by atoms with Gasteiger partial charge >= 0.3 is 0 Å². The topological polar surface area (TPSA) is 67.0 Å². The third-order valence-electron chi connectivity index (χ3n) is 3.46. The Kier molecular flexibility index (Phi) is 4.34. The number of nitrogens with zero attached hydrogens (tertiary/aromatic N) is 1. The van der Waals surface area contributed by atoms with Gasteiger partial charge in [0.25, 0.3) is 0 Å². The van der Waals surface area contributed by atoms with Gasteiger partial charge in [-0.1, -0.05) is 12.2 Å². The molecule has 3 rings (SSSR count). The molecule has 0 amide bonds. The molecular weight excluding hydrogens is 310 g/mol. The van der Waals surface area contributed by atoms with Crippen molar-refractivity contribution in [2.75, 3.05) is 12.4 Å². The number of fused-ring (bicyclic) bond motifs is 1. The van der Waals surface area contributed by atoms with E-state index in [0.717, 1.165) is 22.3 Å². The molecule has 0 aliphatic heterocycles. The Bertz CT molecular complexity index is 831. The third kappa shape index (κ3) is 3.37. The van der Waals surface area contributed by atoms with Crippen LogP contribution < -0.4 is 10.7 Å². The number of H-pyrrole nitrogens is 1. The fourth-order valence-electron chi connectivity index (χ4n) is 2.38. The van der Waals surface area contributed by atoms with Crippen LogP contribution in [0.15, 0.2) is 28.1 Å². The Morgan fingerprint density at radius 3 is 3.00 bits per heavy atom. The standard InChI is InChI=1S/C17H19N3O2S/c1-10(2)18-17-20-15(9-23-17)14-8-16(21)12-6-4-5-11(22-3)7-13(12)19-14/h4,6-10H,5H2,1-3H3,(H,18,20)(H,19,21). The minimum Gasteiger partial charge on any atom is -0.501 e. The van der Waals surface area contributed by atoms with Crippen molar-refractivity contribution in [1.29, 1.82) is 0 Å². The first-order chi connectivity index (χ1) is 11.1. The van der Waals surface area contributed by atoms with Gasteiger partial charge < -0.3 is 15.0 Å². The van der Waals surface area contributed by atoms with E-state index in [9.17, 15) is 4.79 Å².